The van der Waals surface area contributed by atoms with Gasteiger partial charge >= 0.3 is 6.18 Å². The fraction of sp³-hybridized carbons (Fsp3) is 0.462. The van der Waals surface area contributed by atoms with Gasteiger partial charge in [-0.1, -0.05) is 29.6 Å². The van der Waals surface area contributed by atoms with Crippen molar-refractivity contribution in [1.29, 1.82) is 0 Å². The molecule has 0 atom stereocenters. The first-order valence-electron chi connectivity index (χ1n) is 12.1. The van der Waals surface area contributed by atoms with E-state index in [2.05, 4.69) is 9.88 Å². The number of amides is 1. The molecule has 0 spiro atoms. The van der Waals surface area contributed by atoms with Crippen LogP contribution in [0.4, 0.5) is 13.2 Å². The van der Waals surface area contributed by atoms with E-state index in [1.165, 1.54) is 23.7 Å². The number of alkyl halides is 3. The Hall–Kier alpha value is -2.29. The van der Waals surface area contributed by atoms with E-state index in [0.29, 0.717) is 57.9 Å². The molecule has 1 saturated heterocycles. The lowest BCUT2D eigenvalue weighted by molar-refractivity contribution is -0.137. The van der Waals surface area contributed by atoms with Crippen LogP contribution < -0.4 is 0 Å². The Morgan fingerprint density at radius 3 is 2.42 bits per heavy atom. The van der Waals surface area contributed by atoms with Gasteiger partial charge in [0.25, 0.3) is 5.91 Å². The molecule has 5 rings (SSSR count). The van der Waals surface area contributed by atoms with Gasteiger partial charge in [0, 0.05) is 55.6 Å². The zero-order valence-corrected chi connectivity index (χ0v) is 21.6. The van der Waals surface area contributed by atoms with Crippen molar-refractivity contribution in [3.05, 3.63) is 68.1 Å². The molecule has 2 fully saturated rings. The second kappa shape index (κ2) is 9.54. The second-order valence-corrected chi connectivity index (χ2v) is 10.5. The Balaban J connectivity index is 1.41. The van der Waals surface area contributed by atoms with Gasteiger partial charge in [0.05, 0.1) is 21.8 Å². The number of rotatable bonds is 4. The van der Waals surface area contributed by atoms with Crippen LogP contribution in [0, 0.1) is 13.8 Å². The summed E-state index contributed by atoms with van der Waals surface area (Å²) in [6.45, 7) is 6.33. The molecular formula is C26H27Cl2F3N4O. The number of carbonyl (C=O) groups is 1. The van der Waals surface area contributed by atoms with E-state index in [0.717, 1.165) is 25.4 Å². The summed E-state index contributed by atoms with van der Waals surface area (Å²) in [4.78, 5) is 22.2. The molecule has 1 saturated carbocycles. The molecule has 0 bridgehead atoms. The number of aromatic nitrogens is 2. The number of pyridine rings is 1. The highest BCUT2D eigenvalue weighted by Crippen LogP contribution is 2.34. The number of benzene rings is 1. The maximum Gasteiger partial charge on any atom is 0.417 e. The van der Waals surface area contributed by atoms with Gasteiger partial charge in [-0.2, -0.15) is 13.2 Å². The van der Waals surface area contributed by atoms with Gasteiger partial charge in [0.2, 0.25) is 0 Å². The van der Waals surface area contributed by atoms with E-state index < -0.39 is 11.7 Å². The SMILES string of the molecule is Cc1cc(C(F)(F)F)cn2c(C)c(Cc3c(Cl)ccc(C(=O)N4CCN(C5CCC5)CC4)c3Cl)nc12. The first-order valence-corrected chi connectivity index (χ1v) is 12.9. The number of hydrogen-bond acceptors (Lipinski definition) is 3. The molecule has 3 heterocycles. The molecule has 3 aromatic rings. The maximum absolute atomic E-state index is 13.3. The first-order chi connectivity index (χ1) is 17.0. The number of piperazine rings is 1. The number of halogens is 5. The highest BCUT2D eigenvalue weighted by molar-refractivity contribution is 6.38. The highest BCUT2D eigenvalue weighted by atomic mass is 35.5. The van der Waals surface area contributed by atoms with Crippen LogP contribution in [0.3, 0.4) is 0 Å². The van der Waals surface area contributed by atoms with Crippen LogP contribution in [0.15, 0.2) is 24.4 Å². The monoisotopic (exact) mass is 538 g/mol. The lowest BCUT2D eigenvalue weighted by Crippen LogP contribution is -2.53. The zero-order chi connectivity index (χ0) is 25.8. The maximum atomic E-state index is 13.3. The number of fused-ring (bicyclic) bond motifs is 1. The lowest BCUT2D eigenvalue weighted by atomic mass is 9.91. The molecule has 1 aromatic carbocycles. The van der Waals surface area contributed by atoms with Gasteiger partial charge < -0.3 is 9.30 Å². The van der Waals surface area contributed by atoms with Crippen molar-refractivity contribution in [2.24, 2.45) is 0 Å². The van der Waals surface area contributed by atoms with E-state index >= 15 is 0 Å². The molecule has 5 nitrogen and oxygen atoms in total. The second-order valence-electron chi connectivity index (χ2n) is 9.72. The zero-order valence-electron chi connectivity index (χ0n) is 20.1. The van der Waals surface area contributed by atoms with Crippen LogP contribution >= 0.6 is 23.2 Å². The lowest BCUT2D eigenvalue weighted by Gasteiger charge is -2.43. The van der Waals surface area contributed by atoms with Gasteiger partial charge in [-0.25, -0.2) is 4.98 Å². The number of hydrogen-bond donors (Lipinski definition) is 0. The topological polar surface area (TPSA) is 40.9 Å². The van der Waals surface area contributed by atoms with Crippen LogP contribution in [0.5, 0.6) is 0 Å². The van der Waals surface area contributed by atoms with Gasteiger partial charge in [0.1, 0.15) is 5.65 Å². The highest BCUT2D eigenvalue weighted by Gasteiger charge is 2.33. The number of aryl methyl sites for hydroxylation is 2. The summed E-state index contributed by atoms with van der Waals surface area (Å²) in [6, 6.07) is 5.04. The van der Waals surface area contributed by atoms with Crippen molar-refractivity contribution in [2.75, 3.05) is 26.2 Å². The van der Waals surface area contributed by atoms with Crippen molar-refractivity contribution in [2.45, 2.75) is 51.7 Å². The predicted molar refractivity (Wildman–Crippen MR) is 134 cm³/mol. The van der Waals surface area contributed by atoms with Gasteiger partial charge in [-0.3, -0.25) is 9.69 Å². The van der Waals surface area contributed by atoms with Crippen molar-refractivity contribution in [1.82, 2.24) is 19.2 Å². The number of nitrogens with zero attached hydrogens (tertiary/aromatic N) is 4. The quantitative estimate of drug-likeness (QED) is 0.398. The van der Waals surface area contributed by atoms with Crippen LogP contribution in [0.2, 0.25) is 10.0 Å². The minimum Gasteiger partial charge on any atom is -0.336 e. The Morgan fingerprint density at radius 1 is 1.11 bits per heavy atom. The summed E-state index contributed by atoms with van der Waals surface area (Å²) in [7, 11) is 0. The third-order valence-electron chi connectivity index (χ3n) is 7.52. The molecule has 2 aromatic heterocycles. The Kier molecular flexibility index (Phi) is 6.72. The summed E-state index contributed by atoms with van der Waals surface area (Å²) in [5.41, 5.74) is 2.17. The smallest absolute Gasteiger partial charge is 0.336 e. The van der Waals surface area contributed by atoms with Crippen LogP contribution in [0.25, 0.3) is 5.65 Å². The van der Waals surface area contributed by atoms with Crippen LogP contribution in [-0.4, -0.2) is 57.3 Å². The molecule has 10 heteroatoms. The fourth-order valence-corrected chi connectivity index (χ4v) is 5.68. The van der Waals surface area contributed by atoms with Gasteiger partial charge in [0.15, 0.2) is 0 Å². The minimum atomic E-state index is -4.46. The summed E-state index contributed by atoms with van der Waals surface area (Å²) >= 11 is 13.2. The van der Waals surface area contributed by atoms with Crippen molar-refractivity contribution >= 4 is 34.8 Å². The number of carbonyl (C=O) groups excluding carboxylic acids is 1. The number of imidazole rings is 1. The van der Waals surface area contributed by atoms with E-state index in [1.54, 1.807) is 26.0 Å². The van der Waals surface area contributed by atoms with Crippen molar-refractivity contribution < 1.29 is 18.0 Å². The Bertz CT molecular complexity index is 1330. The molecule has 1 aliphatic carbocycles. The molecule has 36 heavy (non-hydrogen) atoms. The minimum absolute atomic E-state index is 0.136. The van der Waals surface area contributed by atoms with E-state index in [1.807, 2.05) is 4.90 Å². The average molecular weight is 539 g/mol. The normalized spacial score (nSPS) is 17.6. The molecule has 1 amide bonds. The van der Waals surface area contributed by atoms with Crippen molar-refractivity contribution in [3.8, 4) is 0 Å². The Labute approximate surface area is 217 Å². The summed E-state index contributed by atoms with van der Waals surface area (Å²) in [5, 5.41) is 0.647. The van der Waals surface area contributed by atoms with Crippen LogP contribution in [0.1, 0.15) is 57.7 Å². The standard InChI is InChI=1S/C26H27Cl2F3N4O/c1-15-12-17(26(29,30)31)14-35-16(2)22(32-24(15)35)13-20-21(27)7-6-19(23(20)28)25(36)34-10-8-33(9-11-34)18-4-3-5-18/h6-7,12,14,18H,3-5,8-11,13H2,1-2H3. The summed E-state index contributed by atoms with van der Waals surface area (Å²) < 4.78 is 41.5. The largest absolute Gasteiger partial charge is 0.417 e. The van der Waals surface area contributed by atoms with Crippen LogP contribution in [-0.2, 0) is 12.6 Å². The van der Waals surface area contributed by atoms with Gasteiger partial charge in [-0.05, 0) is 56.0 Å². The molecule has 0 N–H and O–H groups in total. The molecule has 0 unspecified atom stereocenters. The van der Waals surface area contributed by atoms with E-state index in [9.17, 15) is 18.0 Å². The van der Waals surface area contributed by atoms with E-state index in [-0.39, 0.29) is 17.4 Å². The first kappa shape index (κ1) is 25.4. The average Bonchev–Trinajstić information content (AvgIpc) is 3.11. The van der Waals surface area contributed by atoms with Crippen molar-refractivity contribution in [3.63, 3.8) is 0 Å². The fourth-order valence-electron chi connectivity index (χ4n) is 5.10. The van der Waals surface area contributed by atoms with Gasteiger partial charge in [-0.15, -0.1) is 0 Å². The predicted octanol–water partition coefficient (Wildman–Crippen LogP) is 6.18. The molecule has 2 aliphatic rings. The third kappa shape index (κ3) is 4.59. The summed E-state index contributed by atoms with van der Waals surface area (Å²) in [6.07, 6.45) is 0.547. The van der Waals surface area contributed by atoms with E-state index in [4.69, 9.17) is 23.2 Å². The third-order valence-corrected chi connectivity index (χ3v) is 8.31. The summed E-state index contributed by atoms with van der Waals surface area (Å²) in [5.74, 6) is -0.136. The molecule has 192 valence electrons. The molecule has 1 aliphatic heterocycles. The molecule has 0 radical (unpaired) electrons. The molecular weight excluding hydrogens is 512 g/mol. The Morgan fingerprint density at radius 2 is 1.81 bits per heavy atom.